The third kappa shape index (κ3) is 5.00. The zero-order valence-electron chi connectivity index (χ0n) is 13.7. The fourth-order valence-corrected chi connectivity index (χ4v) is 2.24. The van der Waals surface area contributed by atoms with Crippen molar-refractivity contribution in [1.82, 2.24) is 15.0 Å². The highest BCUT2D eigenvalue weighted by atomic mass is 16.1. The van der Waals surface area contributed by atoms with Gasteiger partial charge in [-0.25, -0.2) is 9.97 Å². The summed E-state index contributed by atoms with van der Waals surface area (Å²) in [5.74, 6) is 1.27. The van der Waals surface area contributed by atoms with Crippen LogP contribution in [0, 0.1) is 0 Å². The minimum absolute atomic E-state index is 0.109. The molecule has 0 atom stereocenters. The van der Waals surface area contributed by atoms with E-state index >= 15 is 0 Å². The van der Waals surface area contributed by atoms with Crippen LogP contribution in [-0.2, 0) is 11.3 Å². The number of hydrogen-bond donors (Lipinski definition) is 3. The molecule has 1 amide bonds. The summed E-state index contributed by atoms with van der Waals surface area (Å²) in [5.41, 5.74) is 2.67. The summed E-state index contributed by atoms with van der Waals surface area (Å²) in [5, 5.41) is 9.20. The molecular weight excluding hydrogens is 316 g/mol. The summed E-state index contributed by atoms with van der Waals surface area (Å²) in [7, 11) is 0. The Labute approximate surface area is 145 Å². The number of nitrogens with zero attached hydrogens (tertiary/aromatic N) is 3. The number of benzene rings is 1. The summed E-state index contributed by atoms with van der Waals surface area (Å²) < 4.78 is 0. The zero-order chi connectivity index (χ0) is 17.5. The van der Waals surface area contributed by atoms with Crippen LogP contribution in [0.5, 0.6) is 0 Å². The molecule has 0 aliphatic heterocycles. The first-order valence-corrected chi connectivity index (χ1v) is 7.78. The van der Waals surface area contributed by atoms with E-state index in [2.05, 4.69) is 30.9 Å². The Kier molecular flexibility index (Phi) is 5.16. The number of rotatable bonds is 6. The van der Waals surface area contributed by atoms with Crippen molar-refractivity contribution < 1.29 is 4.79 Å². The van der Waals surface area contributed by atoms with Crippen LogP contribution >= 0.6 is 0 Å². The molecule has 7 heteroatoms. The fourth-order valence-electron chi connectivity index (χ4n) is 2.24. The van der Waals surface area contributed by atoms with Gasteiger partial charge in [0.1, 0.15) is 18.0 Å². The van der Waals surface area contributed by atoms with Gasteiger partial charge in [-0.2, -0.15) is 0 Å². The van der Waals surface area contributed by atoms with Gasteiger partial charge in [0.2, 0.25) is 5.91 Å². The Hall–Kier alpha value is -3.48. The van der Waals surface area contributed by atoms with Crippen molar-refractivity contribution >= 4 is 28.9 Å². The first kappa shape index (κ1) is 16.4. The molecule has 0 aliphatic rings. The van der Waals surface area contributed by atoms with Gasteiger partial charge in [-0.3, -0.25) is 9.78 Å². The van der Waals surface area contributed by atoms with Crippen LogP contribution in [0.3, 0.4) is 0 Å². The van der Waals surface area contributed by atoms with Gasteiger partial charge in [-0.1, -0.05) is 6.07 Å². The lowest BCUT2D eigenvalue weighted by molar-refractivity contribution is -0.114. The largest absolute Gasteiger partial charge is 0.366 e. The number of carbonyl (C=O) groups is 1. The Morgan fingerprint density at radius 3 is 2.56 bits per heavy atom. The number of nitrogens with one attached hydrogen (secondary N) is 3. The minimum Gasteiger partial charge on any atom is -0.366 e. The monoisotopic (exact) mass is 334 g/mol. The molecule has 0 unspecified atom stereocenters. The summed E-state index contributed by atoms with van der Waals surface area (Å²) in [6.07, 6.45) is 5.01. The average Bonchev–Trinajstić information content (AvgIpc) is 2.61. The second kappa shape index (κ2) is 7.87. The van der Waals surface area contributed by atoms with Crippen molar-refractivity contribution in [2.75, 3.05) is 16.0 Å². The Morgan fingerprint density at radius 1 is 1.00 bits per heavy atom. The maximum Gasteiger partial charge on any atom is 0.221 e. The van der Waals surface area contributed by atoms with E-state index in [1.54, 1.807) is 12.4 Å². The standard InChI is InChI=1S/C18H18N6O/c1-13(25)23-15-3-2-4-16(9-15)24-18-10-17(21-12-22-18)20-11-14-5-7-19-8-6-14/h2-10,12H,11H2,1H3,(H,23,25)(H2,20,21,22,24). The first-order chi connectivity index (χ1) is 12.2. The van der Waals surface area contributed by atoms with Gasteiger partial charge in [0.15, 0.2) is 0 Å². The second-order valence-corrected chi connectivity index (χ2v) is 5.38. The second-order valence-electron chi connectivity index (χ2n) is 5.38. The number of anilines is 4. The van der Waals surface area contributed by atoms with E-state index in [0.717, 1.165) is 16.9 Å². The van der Waals surface area contributed by atoms with Gasteiger partial charge >= 0.3 is 0 Å². The molecule has 0 radical (unpaired) electrons. The average molecular weight is 334 g/mol. The van der Waals surface area contributed by atoms with Crippen LogP contribution in [0.25, 0.3) is 0 Å². The zero-order valence-corrected chi connectivity index (χ0v) is 13.7. The molecule has 25 heavy (non-hydrogen) atoms. The molecule has 7 nitrogen and oxygen atoms in total. The predicted molar refractivity (Wildman–Crippen MR) is 97.6 cm³/mol. The lowest BCUT2D eigenvalue weighted by atomic mass is 10.2. The Morgan fingerprint density at radius 2 is 1.76 bits per heavy atom. The van der Waals surface area contributed by atoms with E-state index in [4.69, 9.17) is 0 Å². The third-order valence-electron chi connectivity index (χ3n) is 3.35. The molecule has 0 spiro atoms. The van der Waals surface area contributed by atoms with Crippen molar-refractivity contribution in [3.8, 4) is 0 Å². The van der Waals surface area contributed by atoms with E-state index in [9.17, 15) is 4.79 Å². The highest BCUT2D eigenvalue weighted by Crippen LogP contribution is 2.20. The quantitative estimate of drug-likeness (QED) is 0.641. The molecule has 0 saturated carbocycles. The molecule has 3 aromatic rings. The SMILES string of the molecule is CC(=O)Nc1cccc(Nc2cc(NCc3ccncc3)ncn2)c1. The van der Waals surface area contributed by atoms with E-state index in [-0.39, 0.29) is 5.91 Å². The molecule has 0 bridgehead atoms. The minimum atomic E-state index is -0.109. The van der Waals surface area contributed by atoms with Crippen LogP contribution in [0.4, 0.5) is 23.0 Å². The van der Waals surface area contributed by atoms with Gasteiger partial charge in [0.25, 0.3) is 0 Å². The topological polar surface area (TPSA) is 91.8 Å². The highest BCUT2D eigenvalue weighted by Gasteiger charge is 2.02. The van der Waals surface area contributed by atoms with Crippen molar-refractivity contribution in [3.05, 3.63) is 66.7 Å². The number of aromatic nitrogens is 3. The van der Waals surface area contributed by atoms with Crippen LogP contribution in [0.15, 0.2) is 61.2 Å². The lowest BCUT2D eigenvalue weighted by Gasteiger charge is -2.10. The van der Waals surface area contributed by atoms with Crippen molar-refractivity contribution in [2.24, 2.45) is 0 Å². The Bertz CT molecular complexity index is 853. The van der Waals surface area contributed by atoms with Gasteiger partial charge in [0.05, 0.1) is 0 Å². The summed E-state index contributed by atoms with van der Waals surface area (Å²) >= 11 is 0. The van der Waals surface area contributed by atoms with E-state index in [0.29, 0.717) is 18.2 Å². The van der Waals surface area contributed by atoms with Crippen molar-refractivity contribution in [3.63, 3.8) is 0 Å². The normalized spacial score (nSPS) is 10.1. The summed E-state index contributed by atoms with van der Waals surface area (Å²) in [6, 6.07) is 13.1. The van der Waals surface area contributed by atoms with Crippen LogP contribution in [-0.4, -0.2) is 20.9 Å². The third-order valence-corrected chi connectivity index (χ3v) is 3.35. The summed E-state index contributed by atoms with van der Waals surface area (Å²) in [4.78, 5) is 23.6. The van der Waals surface area contributed by atoms with Crippen LogP contribution in [0.1, 0.15) is 12.5 Å². The molecule has 0 saturated heterocycles. The molecule has 3 N–H and O–H groups in total. The molecule has 126 valence electrons. The Balaban J connectivity index is 1.66. The number of amides is 1. The van der Waals surface area contributed by atoms with Crippen molar-refractivity contribution in [1.29, 1.82) is 0 Å². The maximum absolute atomic E-state index is 11.2. The van der Waals surface area contributed by atoms with Crippen molar-refractivity contribution in [2.45, 2.75) is 13.5 Å². The highest BCUT2D eigenvalue weighted by molar-refractivity contribution is 5.89. The maximum atomic E-state index is 11.2. The van der Waals surface area contributed by atoms with Gasteiger partial charge in [-0.15, -0.1) is 0 Å². The smallest absolute Gasteiger partial charge is 0.221 e. The van der Waals surface area contributed by atoms with E-state index in [1.165, 1.54) is 13.3 Å². The first-order valence-electron chi connectivity index (χ1n) is 7.78. The molecule has 2 aromatic heterocycles. The molecule has 2 heterocycles. The number of hydrogen-bond acceptors (Lipinski definition) is 6. The van der Waals surface area contributed by atoms with Crippen LogP contribution in [0.2, 0.25) is 0 Å². The van der Waals surface area contributed by atoms with E-state index in [1.807, 2.05) is 42.5 Å². The van der Waals surface area contributed by atoms with Gasteiger partial charge in [0, 0.05) is 43.3 Å². The molecular formula is C18H18N6O. The molecule has 1 aromatic carbocycles. The van der Waals surface area contributed by atoms with Gasteiger partial charge < -0.3 is 16.0 Å². The lowest BCUT2D eigenvalue weighted by Crippen LogP contribution is -2.06. The van der Waals surface area contributed by atoms with E-state index < -0.39 is 0 Å². The predicted octanol–water partition coefficient (Wildman–Crippen LogP) is 3.19. The molecule has 0 fully saturated rings. The summed E-state index contributed by atoms with van der Waals surface area (Å²) in [6.45, 7) is 2.13. The number of pyridine rings is 1. The molecule has 0 aliphatic carbocycles. The molecule has 3 rings (SSSR count). The number of carbonyl (C=O) groups excluding carboxylic acids is 1. The van der Waals surface area contributed by atoms with Crippen LogP contribution < -0.4 is 16.0 Å². The fraction of sp³-hybridized carbons (Fsp3) is 0.111. The van der Waals surface area contributed by atoms with Gasteiger partial charge in [-0.05, 0) is 35.9 Å².